The van der Waals surface area contributed by atoms with Gasteiger partial charge in [-0.3, -0.25) is 4.99 Å². The Bertz CT molecular complexity index is 476. The largest absolute Gasteiger partial charge is 0.469 e. The number of hydrogen-bond donors (Lipinski definition) is 2. The van der Waals surface area contributed by atoms with E-state index in [4.69, 9.17) is 23.6 Å². The van der Waals surface area contributed by atoms with Gasteiger partial charge in [-0.05, 0) is 12.1 Å². The van der Waals surface area contributed by atoms with Crippen LogP contribution in [-0.2, 0) is 20.6 Å². The molecule has 0 saturated carbocycles. The number of furan rings is 1. The summed E-state index contributed by atoms with van der Waals surface area (Å²) in [5, 5.41) is 6.61. The number of nitrogens with zero attached hydrogens (tertiary/aromatic N) is 1. The molecule has 0 atom stereocenters. The average molecular weight is 467 g/mol. The summed E-state index contributed by atoms with van der Waals surface area (Å²) in [5.74, 6) is 1.72. The molecular formula is C17H30IN3O4. The predicted molar refractivity (Wildman–Crippen MR) is 108 cm³/mol. The fraction of sp³-hybridized carbons (Fsp3) is 0.706. The zero-order valence-electron chi connectivity index (χ0n) is 15.1. The van der Waals surface area contributed by atoms with Crippen LogP contribution >= 0.6 is 24.0 Å². The summed E-state index contributed by atoms with van der Waals surface area (Å²) >= 11 is 0. The number of nitrogens with one attached hydrogen (secondary N) is 2. The molecular weight excluding hydrogens is 437 g/mol. The van der Waals surface area contributed by atoms with Crippen molar-refractivity contribution in [2.24, 2.45) is 4.99 Å². The third-order valence-corrected chi connectivity index (χ3v) is 4.20. The van der Waals surface area contributed by atoms with Crippen LogP contribution in [0.3, 0.4) is 0 Å². The lowest BCUT2D eigenvalue weighted by atomic mass is 9.94. The van der Waals surface area contributed by atoms with E-state index in [0.717, 1.165) is 50.7 Å². The number of methoxy groups -OCH3 is 2. The number of hydrogen-bond acceptors (Lipinski definition) is 5. The molecule has 0 radical (unpaired) electrons. The van der Waals surface area contributed by atoms with Gasteiger partial charge in [0.1, 0.15) is 5.76 Å². The predicted octanol–water partition coefficient (Wildman–Crippen LogP) is 1.82. The maximum absolute atomic E-state index is 5.74. The van der Waals surface area contributed by atoms with Gasteiger partial charge in [0.15, 0.2) is 5.96 Å². The quantitative estimate of drug-likeness (QED) is 0.250. The molecule has 8 heteroatoms. The lowest BCUT2D eigenvalue weighted by Crippen LogP contribution is -2.44. The van der Waals surface area contributed by atoms with Crippen molar-refractivity contribution in [1.82, 2.24) is 10.6 Å². The summed E-state index contributed by atoms with van der Waals surface area (Å²) in [7, 11) is 3.44. The second-order valence-electron chi connectivity index (χ2n) is 5.84. The van der Waals surface area contributed by atoms with E-state index in [-0.39, 0.29) is 29.6 Å². The van der Waals surface area contributed by atoms with Crippen molar-refractivity contribution < 1.29 is 18.6 Å². The molecule has 1 aliphatic rings. The van der Waals surface area contributed by atoms with Crippen molar-refractivity contribution in [2.45, 2.75) is 24.9 Å². The third kappa shape index (κ3) is 7.93. The Labute approximate surface area is 166 Å². The van der Waals surface area contributed by atoms with E-state index in [2.05, 4.69) is 10.6 Å². The number of halogens is 1. The molecule has 25 heavy (non-hydrogen) atoms. The smallest absolute Gasteiger partial charge is 0.191 e. The van der Waals surface area contributed by atoms with Gasteiger partial charge < -0.3 is 29.3 Å². The highest BCUT2D eigenvalue weighted by Gasteiger charge is 2.32. The van der Waals surface area contributed by atoms with E-state index < -0.39 is 0 Å². The highest BCUT2D eigenvalue weighted by molar-refractivity contribution is 14.0. The van der Waals surface area contributed by atoms with Crippen LogP contribution in [0.4, 0.5) is 0 Å². The van der Waals surface area contributed by atoms with Gasteiger partial charge in [0, 0.05) is 59.8 Å². The Morgan fingerprint density at radius 1 is 1.24 bits per heavy atom. The van der Waals surface area contributed by atoms with Gasteiger partial charge in [-0.25, -0.2) is 0 Å². The molecule has 1 saturated heterocycles. The first-order valence-corrected chi connectivity index (χ1v) is 8.44. The Balaban J connectivity index is 0.00000312. The molecule has 0 bridgehead atoms. The maximum Gasteiger partial charge on any atom is 0.191 e. The molecule has 144 valence electrons. The first-order valence-electron chi connectivity index (χ1n) is 8.44. The number of guanidine groups is 1. The second kappa shape index (κ2) is 12.5. The van der Waals surface area contributed by atoms with Crippen LogP contribution in [0.2, 0.25) is 0 Å². The first kappa shape index (κ1) is 22.2. The fourth-order valence-electron chi connectivity index (χ4n) is 2.60. The molecule has 0 amide bonds. The molecule has 0 unspecified atom stereocenters. The molecule has 2 N–H and O–H groups in total. The minimum atomic E-state index is -0.227. The molecule has 1 aliphatic heterocycles. The lowest BCUT2D eigenvalue weighted by molar-refractivity contribution is -0.0828. The standard InChI is InChI=1S/C17H29N3O4.HI/c1-21-13-9-19-16(18-8-5-15-4-3-10-24-15)20-14-17(22-2)6-11-23-12-7-17;/h3-4,10H,5-9,11-14H2,1-2H3,(H2,18,19,20);1H. The van der Waals surface area contributed by atoms with Gasteiger partial charge >= 0.3 is 0 Å². The maximum atomic E-state index is 5.74. The number of rotatable bonds is 9. The molecule has 1 fully saturated rings. The van der Waals surface area contributed by atoms with Gasteiger partial charge in [-0.1, -0.05) is 0 Å². The van der Waals surface area contributed by atoms with Crippen LogP contribution in [0.1, 0.15) is 18.6 Å². The Hall–Kier alpha value is -0.840. The highest BCUT2D eigenvalue weighted by Crippen LogP contribution is 2.24. The van der Waals surface area contributed by atoms with E-state index in [1.165, 1.54) is 0 Å². The van der Waals surface area contributed by atoms with Crippen LogP contribution < -0.4 is 10.6 Å². The molecule has 2 rings (SSSR count). The summed E-state index contributed by atoms with van der Waals surface area (Å²) in [6.07, 6.45) is 4.23. The second-order valence-corrected chi connectivity index (χ2v) is 5.84. The van der Waals surface area contributed by atoms with E-state index in [0.29, 0.717) is 19.7 Å². The Morgan fingerprint density at radius 3 is 2.64 bits per heavy atom. The zero-order valence-corrected chi connectivity index (χ0v) is 17.4. The van der Waals surface area contributed by atoms with Crippen LogP contribution in [0, 0.1) is 0 Å². The number of aliphatic imine (C=N–C) groups is 1. The normalized spacial score (nSPS) is 17.0. The van der Waals surface area contributed by atoms with Crippen molar-refractivity contribution >= 4 is 29.9 Å². The van der Waals surface area contributed by atoms with Crippen molar-refractivity contribution in [3.05, 3.63) is 24.2 Å². The van der Waals surface area contributed by atoms with E-state index in [1.807, 2.05) is 12.1 Å². The minimum Gasteiger partial charge on any atom is -0.469 e. The summed E-state index contributed by atoms with van der Waals surface area (Å²) < 4.78 is 21.6. The van der Waals surface area contributed by atoms with Crippen LogP contribution in [-0.4, -0.2) is 65.2 Å². The van der Waals surface area contributed by atoms with Crippen LogP contribution in [0.15, 0.2) is 27.8 Å². The molecule has 1 aromatic heterocycles. The van der Waals surface area contributed by atoms with Crippen molar-refractivity contribution in [1.29, 1.82) is 0 Å². The monoisotopic (exact) mass is 467 g/mol. The Morgan fingerprint density at radius 2 is 2.00 bits per heavy atom. The SMILES string of the molecule is COCCNC(=NCC1(OC)CCOCC1)NCCc1ccco1.I. The van der Waals surface area contributed by atoms with Gasteiger partial charge in [0.25, 0.3) is 0 Å². The van der Waals surface area contributed by atoms with Gasteiger partial charge in [0.05, 0.1) is 25.0 Å². The first-order chi connectivity index (χ1) is 11.8. The zero-order chi connectivity index (χ0) is 17.1. The summed E-state index contributed by atoms with van der Waals surface area (Å²) in [5.41, 5.74) is -0.227. The fourth-order valence-corrected chi connectivity index (χ4v) is 2.60. The molecule has 0 spiro atoms. The van der Waals surface area contributed by atoms with E-state index in [1.54, 1.807) is 20.5 Å². The van der Waals surface area contributed by atoms with Crippen molar-refractivity contribution in [3.8, 4) is 0 Å². The summed E-state index contributed by atoms with van der Waals surface area (Å²) in [6, 6.07) is 3.87. The van der Waals surface area contributed by atoms with Gasteiger partial charge in [0.2, 0.25) is 0 Å². The molecule has 0 aromatic carbocycles. The third-order valence-electron chi connectivity index (χ3n) is 4.20. The van der Waals surface area contributed by atoms with Crippen molar-refractivity contribution in [3.63, 3.8) is 0 Å². The van der Waals surface area contributed by atoms with E-state index in [9.17, 15) is 0 Å². The van der Waals surface area contributed by atoms with Crippen LogP contribution in [0.25, 0.3) is 0 Å². The van der Waals surface area contributed by atoms with E-state index >= 15 is 0 Å². The van der Waals surface area contributed by atoms with Gasteiger partial charge in [-0.15, -0.1) is 24.0 Å². The molecule has 1 aromatic rings. The minimum absolute atomic E-state index is 0. The molecule has 0 aliphatic carbocycles. The molecule has 7 nitrogen and oxygen atoms in total. The topological polar surface area (TPSA) is 77.2 Å². The van der Waals surface area contributed by atoms with Crippen molar-refractivity contribution in [2.75, 3.05) is 53.7 Å². The lowest BCUT2D eigenvalue weighted by Gasteiger charge is -2.34. The molecule has 2 heterocycles. The Kier molecular flexibility index (Phi) is 11.1. The van der Waals surface area contributed by atoms with Gasteiger partial charge in [-0.2, -0.15) is 0 Å². The average Bonchev–Trinajstić information content (AvgIpc) is 3.13. The summed E-state index contributed by atoms with van der Waals surface area (Å²) in [4.78, 5) is 4.71. The van der Waals surface area contributed by atoms with Crippen LogP contribution in [0.5, 0.6) is 0 Å². The summed E-state index contributed by atoms with van der Waals surface area (Å²) in [6.45, 7) is 4.13. The number of ether oxygens (including phenoxy) is 3. The highest BCUT2D eigenvalue weighted by atomic mass is 127.